The molecule has 0 saturated heterocycles. The summed E-state index contributed by atoms with van der Waals surface area (Å²) in [5, 5.41) is 0. The zero-order valence-corrected chi connectivity index (χ0v) is 76.2. The second-order valence-electron chi connectivity index (χ2n) is 35.9. The van der Waals surface area contributed by atoms with Gasteiger partial charge in [-0.2, -0.15) is 0 Å². The zero-order chi connectivity index (χ0) is 85.1. The van der Waals surface area contributed by atoms with Crippen molar-refractivity contribution in [2.75, 3.05) is 0 Å². The van der Waals surface area contributed by atoms with Crippen LogP contribution in [0.1, 0.15) is 235 Å². The minimum atomic E-state index is 0.998. The molecule has 21 rings (SSSR count). The highest BCUT2D eigenvalue weighted by Gasteiger charge is 2.31. The van der Waals surface area contributed by atoms with Gasteiger partial charge < -0.3 is 0 Å². The number of fused-ring (bicyclic) bond motifs is 21. The Balaban J connectivity index is 0.000000108. The number of aryl methyl sites for hydroxylation is 18. The fourth-order valence-electron chi connectivity index (χ4n) is 20.0. The lowest BCUT2D eigenvalue weighted by molar-refractivity contribution is 1.05. The lowest BCUT2D eigenvalue weighted by Gasteiger charge is -2.12. The van der Waals surface area contributed by atoms with Crippen molar-refractivity contribution < 1.29 is 0 Å². The predicted molar refractivity (Wildman–Crippen MR) is 500 cm³/mol. The van der Waals surface area contributed by atoms with Crippen LogP contribution in [0, 0.1) is 194 Å². The van der Waals surface area contributed by atoms with E-state index in [9.17, 15) is 0 Å². The summed E-state index contributed by atoms with van der Waals surface area (Å²) in [4.78, 5) is 32.4. The van der Waals surface area contributed by atoms with Gasteiger partial charge in [-0.3, -0.25) is 34.9 Å². The molecule has 7 heterocycles. The van der Waals surface area contributed by atoms with Gasteiger partial charge in [0, 0.05) is 126 Å². The van der Waals surface area contributed by atoms with Crippen molar-refractivity contribution in [3.05, 3.63) is 363 Å². The molecule has 0 aliphatic heterocycles. The summed E-state index contributed by atoms with van der Waals surface area (Å²) in [5.41, 5.74) is 76.4. The number of aromatic nitrogens is 7. The summed E-state index contributed by atoms with van der Waals surface area (Å²) in [6.45, 7) is 61.2. The van der Waals surface area contributed by atoms with E-state index in [2.05, 4.69) is 327 Å². The van der Waals surface area contributed by atoms with E-state index < -0.39 is 0 Å². The second kappa shape index (κ2) is 32.4. The van der Waals surface area contributed by atoms with Gasteiger partial charge >= 0.3 is 0 Å². The van der Waals surface area contributed by atoms with Crippen LogP contribution < -0.4 is 0 Å². The topological polar surface area (TPSA) is 90.2 Å². The molecule has 0 N–H and O–H groups in total. The zero-order valence-electron chi connectivity index (χ0n) is 76.2. The maximum atomic E-state index is 4.70. The number of hydrogen-bond acceptors (Lipinski definition) is 7. The highest BCUT2D eigenvalue weighted by Crippen LogP contribution is 2.48. The Bertz CT molecular complexity index is 6590. The Hall–Kier alpha value is -11.4. The van der Waals surface area contributed by atoms with Gasteiger partial charge in [0.05, 0.1) is 39.9 Å². The van der Waals surface area contributed by atoms with Crippen molar-refractivity contribution in [2.24, 2.45) is 0 Å². The largest absolute Gasteiger partial charge is 0.260 e. The molecule has 7 aromatic heterocycles. The molecular weight excluding hydrogens is 1440 g/mol. The van der Waals surface area contributed by atoms with Gasteiger partial charge in [-0.25, -0.2) is 0 Å². The number of hydrogen-bond donors (Lipinski definition) is 0. The smallest absolute Gasteiger partial charge is 0.0531 e. The molecule has 14 aromatic rings. The second-order valence-corrected chi connectivity index (χ2v) is 35.9. The van der Waals surface area contributed by atoms with Crippen molar-refractivity contribution in [1.29, 1.82) is 0 Å². The van der Waals surface area contributed by atoms with Crippen molar-refractivity contribution in [3.63, 3.8) is 0 Å². The fraction of sp³-hybridized carbons (Fsp3) is 0.312. The summed E-state index contributed by atoms with van der Waals surface area (Å²) in [7, 11) is 0. The maximum absolute atomic E-state index is 4.70. The minimum Gasteiger partial charge on any atom is -0.260 e. The standard InChI is InChI=1S/7C16H17N/c1-9-5-15-14-6-10(2)11(3)12(4)13(14)7-16(15)17-8-9;1-9-5-14-15(17-8-9)7-13-12(4)10(2)6-11(3)16(13)14;1-9-7-10(2)16-13-6-5-11(3)17-15(13)8-14(16)12(9)4;1-9-7-15-13-6-5-10(2)17-16(13)8-14(15)12(4)11(9)3;1-9-5-6-13-14(11(9)3)7-15-16(13)12(4)10(2)8-17-15;1-9-5-6-17-14-8-13-12(4)10(2)7-11(3)15(13)16(9)14;1-9-5-6-13-14(12(9)4)8-15-16(13)10(2)7-11(3)17-15/h2*5-6,8H,7H2,1-4H3;2*5-7H,8H2,1-4H3;5-6,8H,7H2,1-4H3;2*5-7H,8H2,1-4H3. The van der Waals surface area contributed by atoms with Gasteiger partial charge in [-0.05, 0) is 447 Å². The average molecular weight is 1560 g/mol. The van der Waals surface area contributed by atoms with Gasteiger partial charge in [-0.1, -0.05) is 66.7 Å². The summed E-state index contributed by atoms with van der Waals surface area (Å²) >= 11 is 0. The third-order valence-electron chi connectivity index (χ3n) is 27.9. The van der Waals surface area contributed by atoms with Crippen LogP contribution >= 0.6 is 0 Å². The summed E-state index contributed by atoms with van der Waals surface area (Å²) in [6, 6.07) is 38.0. The van der Waals surface area contributed by atoms with E-state index in [1.807, 2.05) is 24.8 Å². The monoisotopic (exact) mass is 1560 g/mol. The molecule has 119 heavy (non-hydrogen) atoms. The molecule has 0 spiro atoms. The fourth-order valence-corrected chi connectivity index (χ4v) is 20.0. The van der Waals surface area contributed by atoms with E-state index in [0.717, 1.165) is 62.0 Å². The summed E-state index contributed by atoms with van der Waals surface area (Å²) in [5.74, 6) is 0. The molecule has 7 nitrogen and oxygen atoms in total. The maximum Gasteiger partial charge on any atom is 0.0531 e. The third kappa shape index (κ3) is 15.1. The normalized spacial score (nSPS) is 12.5. The molecule has 7 aromatic carbocycles. The number of rotatable bonds is 0. The van der Waals surface area contributed by atoms with Gasteiger partial charge in [0.2, 0.25) is 0 Å². The first-order chi connectivity index (χ1) is 56.6. The first-order valence-electron chi connectivity index (χ1n) is 43.0. The first-order valence-corrected chi connectivity index (χ1v) is 43.0. The number of nitrogens with zero attached hydrogens (tertiary/aromatic N) is 7. The molecule has 0 saturated carbocycles. The quantitative estimate of drug-likeness (QED) is 0.149. The van der Waals surface area contributed by atoms with Gasteiger partial charge in [0.15, 0.2) is 0 Å². The Labute approximate surface area is 709 Å². The molecule has 0 radical (unpaired) electrons. The Kier molecular flexibility index (Phi) is 22.5. The first kappa shape index (κ1) is 82.7. The van der Waals surface area contributed by atoms with E-state index in [1.54, 1.807) is 0 Å². The van der Waals surface area contributed by atoms with E-state index >= 15 is 0 Å². The number of pyridine rings is 7. The van der Waals surface area contributed by atoms with E-state index in [4.69, 9.17) is 4.98 Å². The summed E-state index contributed by atoms with van der Waals surface area (Å²) < 4.78 is 0. The lowest BCUT2D eigenvalue weighted by Crippen LogP contribution is -1.94. The van der Waals surface area contributed by atoms with E-state index in [-0.39, 0.29) is 0 Å². The van der Waals surface area contributed by atoms with Crippen molar-refractivity contribution in [3.8, 4) is 77.9 Å². The Morgan fingerprint density at radius 1 is 0.176 bits per heavy atom. The van der Waals surface area contributed by atoms with Crippen molar-refractivity contribution in [1.82, 2.24) is 34.9 Å². The molecule has 7 aliphatic carbocycles. The van der Waals surface area contributed by atoms with Crippen LogP contribution in [0.15, 0.2) is 128 Å². The molecule has 7 aliphatic rings. The average Bonchev–Trinajstić information content (AvgIpc) is 1.61. The van der Waals surface area contributed by atoms with Gasteiger partial charge in [-0.15, -0.1) is 0 Å². The molecule has 7 heteroatoms. The lowest BCUT2D eigenvalue weighted by atomic mass is 9.92. The highest BCUT2D eigenvalue weighted by molar-refractivity contribution is 5.86. The van der Waals surface area contributed by atoms with Crippen molar-refractivity contribution >= 4 is 0 Å². The van der Waals surface area contributed by atoms with Crippen molar-refractivity contribution in [2.45, 2.75) is 239 Å². The molecule has 0 amide bonds. The van der Waals surface area contributed by atoms with E-state index in [1.165, 1.54) is 296 Å². The minimum absolute atomic E-state index is 0.998. The number of benzene rings is 7. The van der Waals surface area contributed by atoms with E-state index in [0.29, 0.717) is 0 Å². The van der Waals surface area contributed by atoms with Gasteiger partial charge in [0.25, 0.3) is 0 Å². The van der Waals surface area contributed by atoms with Crippen LogP contribution in [0.25, 0.3) is 77.9 Å². The molecule has 0 atom stereocenters. The molecule has 602 valence electrons. The van der Waals surface area contributed by atoms with Crippen LogP contribution in [0.2, 0.25) is 0 Å². The summed E-state index contributed by atoms with van der Waals surface area (Å²) in [6.07, 6.45) is 14.9. The molecule has 0 fully saturated rings. The van der Waals surface area contributed by atoms with Crippen LogP contribution in [-0.4, -0.2) is 34.9 Å². The van der Waals surface area contributed by atoms with Crippen LogP contribution in [0.3, 0.4) is 0 Å². The molecular formula is C112H119N7. The Morgan fingerprint density at radius 2 is 0.546 bits per heavy atom. The molecule has 0 unspecified atom stereocenters. The highest BCUT2D eigenvalue weighted by atomic mass is 14.7. The molecule has 0 bridgehead atoms. The SMILES string of the molecule is Cc1cc(C)c2c(c1C)Cc1nccc(C)c1-2.Cc1cc(C)c2c(n1)Cc1c-2ccc(C)c1C.Cc1ccc2c(c1C)Cc1ncc(C)c(C)c1-2.Cc1ccc2c(n1)Cc1c(C)c(C)cc(C)c1-2.Cc1ccc2c(n1)Cc1c-2cc(C)c(C)c1C.Cc1cnc2c(c1)-c1c(C)cc(C)c(C)c1C2.Cc1cnc2c(c1)-c1cc(C)c(C)c(C)c1C2. The van der Waals surface area contributed by atoms with Crippen LogP contribution in [-0.2, 0) is 44.9 Å². The van der Waals surface area contributed by atoms with Gasteiger partial charge in [0.1, 0.15) is 0 Å². The van der Waals surface area contributed by atoms with Crippen LogP contribution in [0.5, 0.6) is 0 Å². The Morgan fingerprint density at radius 3 is 1.11 bits per heavy atom. The third-order valence-corrected chi connectivity index (χ3v) is 27.9. The van der Waals surface area contributed by atoms with Crippen LogP contribution in [0.4, 0.5) is 0 Å². The predicted octanol–water partition coefficient (Wildman–Crippen LogP) is 27.2.